The van der Waals surface area contributed by atoms with Gasteiger partial charge in [-0.2, -0.15) is 0 Å². The highest BCUT2D eigenvalue weighted by Crippen LogP contribution is 2.23. The Bertz CT molecular complexity index is 965. The third-order valence-electron chi connectivity index (χ3n) is 4.75. The van der Waals surface area contributed by atoms with Gasteiger partial charge in [-0.05, 0) is 35.9 Å². The van der Waals surface area contributed by atoms with E-state index >= 15 is 0 Å². The van der Waals surface area contributed by atoms with Crippen LogP contribution in [0.3, 0.4) is 0 Å². The standard InChI is InChI=1S/C22H20FN3O2/c23-19-8-2-1-5-16(19)13-18-7-3-9-20(25-18)21-15-26(11-12-28-21)22(27)17-6-4-10-24-14-17/h1-10,14,21H,11-13,15H2/t21-/m0/s1. The number of morpholine rings is 1. The SMILES string of the molecule is O=C(c1cccnc1)N1CCO[C@H](c2cccc(Cc3ccccc3F)n2)C1. The van der Waals surface area contributed by atoms with Crippen LogP contribution in [0, 0.1) is 5.82 Å². The number of benzene rings is 1. The number of hydrogen-bond donors (Lipinski definition) is 0. The van der Waals surface area contributed by atoms with Crippen molar-refractivity contribution >= 4 is 5.91 Å². The third-order valence-corrected chi connectivity index (χ3v) is 4.75. The molecular weight excluding hydrogens is 357 g/mol. The Morgan fingerprint density at radius 3 is 2.86 bits per heavy atom. The first kappa shape index (κ1) is 18.3. The van der Waals surface area contributed by atoms with E-state index in [2.05, 4.69) is 9.97 Å². The molecular formula is C22H20FN3O2. The van der Waals surface area contributed by atoms with Crippen molar-refractivity contribution in [1.29, 1.82) is 0 Å². The molecule has 28 heavy (non-hydrogen) atoms. The third kappa shape index (κ3) is 4.07. The van der Waals surface area contributed by atoms with Crippen molar-refractivity contribution in [3.63, 3.8) is 0 Å². The van der Waals surface area contributed by atoms with Crippen LogP contribution in [0.15, 0.2) is 67.0 Å². The highest BCUT2D eigenvalue weighted by Gasteiger charge is 2.27. The second-order valence-corrected chi connectivity index (χ2v) is 6.67. The van der Waals surface area contributed by atoms with Crippen molar-refractivity contribution in [2.24, 2.45) is 0 Å². The van der Waals surface area contributed by atoms with E-state index < -0.39 is 0 Å². The molecule has 1 aliphatic heterocycles. The van der Waals surface area contributed by atoms with Gasteiger partial charge in [0.05, 0.1) is 24.4 Å². The number of ether oxygens (including phenoxy) is 1. The molecule has 0 radical (unpaired) electrons. The van der Waals surface area contributed by atoms with Crippen LogP contribution in [0.4, 0.5) is 4.39 Å². The van der Waals surface area contributed by atoms with Gasteiger partial charge in [0, 0.05) is 31.1 Å². The summed E-state index contributed by atoms with van der Waals surface area (Å²) >= 11 is 0. The fourth-order valence-electron chi connectivity index (χ4n) is 3.30. The van der Waals surface area contributed by atoms with Crippen molar-refractivity contribution in [3.8, 4) is 0 Å². The lowest BCUT2D eigenvalue weighted by atomic mass is 10.1. The molecule has 0 spiro atoms. The van der Waals surface area contributed by atoms with E-state index in [0.717, 1.165) is 11.4 Å². The Balaban J connectivity index is 1.49. The highest BCUT2D eigenvalue weighted by atomic mass is 19.1. The second kappa shape index (κ2) is 8.27. The Morgan fingerprint density at radius 2 is 2.04 bits per heavy atom. The average Bonchev–Trinajstić information content (AvgIpc) is 2.76. The Morgan fingerprint density at radius 1 is 1.14 bits per heavy atom. The zero-order valence-electron chi connectivity index (χ0n) is 15.3. The minimum Gasteiger partial charge on any atom is -0.368 e. The normalized spacial score (nSPS) is 16.8. The molecule has 1 aliphatic rings. The Labute approximate surface area is 162 Å². The van der Waals surface area contributed by atoms with Crippen LogP contribution in [-0.4, -0.2) is 40.5 Å². The predicted octanol–water partition coefficient (Wildman–Crippen LogP) is 3.42. The lowest BCUT2D eigenvalue weighted by Gasteiger charge is -2.32. The molecule has 5 nitrogen and oxygen atoms in total. The molecule has 1 saturated heterocycles. The van der Waals surface area contributed by atoms with Crippen LogP contribution in [-0.2, 0) is 11.2 Å². The molecule has 1 aromatic carbocycles. The van der Waals surface area contributed by atoms with Gasteiger partial charge < -0.3 is 9.64 Å². The molecule has 0 unspecified atom stereocenters. The first-order chi connectivity index (χ1) is 13.7. The zero-order valence-corrected chi connectivity index (χ0v) is 15.3. The molecule has 142 valence electrons. The summed E-state index contributed by atoms with van der Waals surface area (Å²) in [7, 11) is 0. The van der Waals surface area contributed by atoms with Crippen molar-refractivity contribution in [1.82, 2.24) is 14.9 Å². The summed E-state index contributed by atoms with van der Waals surface area (Å²) in [6, 6.07) is 15.8. The quantitative estimate of drug-likeness (QED) is 0.699. The summed E-state index contributed by atoms with van der Waals surface area (Å²) in [5, 5.41) is 0. The van der Waals surface area contributed by atoms with Crippen molar-refractivity contribution < 1.29 is 13.9 Å². The van der Waals surface area contributed by atoms with E-state index in [1.54, 1.807) is 41.6 Å². The van der Waals surface area contributed by atoms with E-state index in [0.29, 0.717) is 37.2 Å². The van der Waals surface area contributed by atoms with Crippen LogP contribution < -0.4 is 0 Å². The van der Waals surface area contributed by atoms with E-state index in [-0.39, 0.29) is 17.8 Å². The topological polar surface area (TPSA) is 55.3 Å². The highest BCUT2D eigenvalue weighted by molar-refractivity contribution is 5.93. The molecule has 0 N–H and O–H groups in total. The average molecular weight is 377 g/mol. The number of carbonyl (C=O) groups is 1. The summed E-state index contributed by atoms with van der Waals surface area (Å²) in [4.78, 5) is 23.1. The van der Waals surface area contributed by atoms with Crippen LogP contribution in [0.2, 0.25) is 0 Å². The van der Waals surface area contributed by atoms with Crippen LogP contribution in [0.5, 0.6) is 0 Å². The van der Waals surface area contributed by atoms with Crippen molar-refractivity contribution in [3.05, 3.63) is 95.3 Å². The van der Waals surface area contributed by atoms with Gasteiger partial charge in [-0.1, -0.05) is 24.3 Å². The van der Waals surface area contributed by atoms with Gasteiger partial charge in [-0.25, -0.2) is 4.39 Å². The second-order valence-electron chi connectivity index (χ2n) is 6.67. The fourth-order valence-corrected chi connectivity index (χ4v) is 3.30. The molecule has 2 aromatic heterocycles. The maximum atomic E-state index is 13.9. The van der Waals surface area contributed by atoms with Gasteiger partial charge in [0.15, 0.2) is 0 Å². The number of nitrogens with zero attached hydrogens (tertiary/aromatic N) is 3. The summed E-state index contributed by atoms with van der Waals surface area (Å²) < 4.78 is 19.8. The largest absolute Gasteiger partial charge is 0.368 e. The summed E-state index contributed by atoms with van der Waals surface area (Å²) in [6.45, 7) is 1.39. The summed E-state index contributed by atoms with van der Waals surface area (Å²) in [5.41, 5.74) is 2.67. The van der Waals surface area contributed by atoms with Crippen LogP contribution in [0.1, 0.15) is 33.4 Å². The summed E-state index contributed by atoms with van der Waals surface area (Å²) in [5.74, 6) is -0.305. The smallest absolute Gasteiger partial charge is 0.255 e. The number of amides is 1. The lowest BCUT2D eigenvalue weighted by Crippen LogP contribution is -2.42. The zero-order chi connectivity index (χ0) is 19.3. The van der Waals surface area contributed by atoms with Crippen molar-refractivity contribution in [2.75, 3.05) is 19.7 Å². The first-order valence-corrected chi connectivity index (χ1v) is 9.21. The van der Waals surface area contributed by atoms with Gasteiger partial charge in [0.2, 0.25) is 0 Å². The number of rotatable bonds is 4. The van der Waals surface area contributed by atoms with E-state index in [1.165, 1.54) is 6.07 Å². The molecule has 0 aliphatic carbocycles. The number of aromatic nitrogens is 2. The first-order valence-electron chi connectivity index (χ1n) is 9.21. The van der Waals surface area contributed by atoms with Gasteiger partial charge in [-0.15, -0.1) is 0 Å². The van der Waals surface area contributed by atoms with Gasteiger partial charge in [-0.3, -0.25) is 14.8 Å². The van der Waals surface area contributed by atoms with E-state index in [1.807, 2.05) is 24.3 Å². The lowest BCUT2D eigenvalue weighted by molar-refractivity contribution is -0.0248. The Hall–Kier alpha value is -3.12. The summed E-state index contributed by atoms with van der Waals surface area (Å²) in [6.07, 6.45) is 3.31. The number of carbonyl (C=O) groups excluding carboxylic acids is 1. The maximum absolute atomic E-state index is 13.9. The van der Waals surface area contributed by atoms with Gasteiger partial charge in [0.25, 0.3) is 5.91 Å². The molecule has 6 heteroatoms. The van der Waals surface area contributed by atoms with E-state index in [9.17, 15) is 9.18 Å². The van der Waals surface area contributed by atoms with Crippen molar-refractivity contribution in [2.45, 2.75) is 12.5 Å². The molecule has 0 saturated carbocycles. The Kier molecular flexibility index (Phi) is 5.39. The van der Waals surface area contributed by atoms with Crippen LogP contribution in [0.25, 0.3) is 0 Å². The molecule has 4 rings (SSSR count). The number of pyridine rings is 2. The molecule has 0 bridgehead atoms. The minimum absolute atomic E-state index is 0.0658. The molecule has 3 heterocycles. The van der Waals surface area contributed by atoms with Gasteiger partial charge in [0.1, 0.15) is 11.9 Å². The number of halogens is 1. The molecule has 1 atom stereocenters. The molecule has 1 fully saturated rings. The number of hydrogen-bond acceptors (Lipinski definition) is 4. The maximum Gasteiger partial charge on any atom is 0.255 e. The van der Waals surface area contributed by atoms with E-state index in [4.69, 9.17) is 4.74 Å². The predicted molar refractivity (Wildman–Crippen MR) is 102 cm³/mol. The monoisotopic (exact) mass is 377 g/mol. The molecule has 1 amide bonds. The van der Waals surface area contributed by atoms with Gasteiger partial charge >= 0.3 is 0 Å². The molecule has 3 aromatic rings. The minimum atomic E-state index is -0.310. The fraction of sp³-hybridized carbons (Fsp3) is 0.227. The van der Waals surface area contributed by atoms with Crippen LogP contribution >= 0.6 is 0 Å².